The molecular formula is C20H19ClF3N9O3. The maximum atomic E-state index is 13.6. The highest BCUT2D eigenvalue weighted by atomic mass is 35.5. The van der Waals surface area contributed by atoms with Crippen molar-refractivity contribution >= 4 is 34.7 Å². The largest absolute Gasteiger partial charge is 0.420 e. The van der Waals surface area contributed by atoms with Gasteiger partial charge in [-0.3, -0.25) is 0 Å². The average molecular weight is 526 g/mol. The van der Waals surface area contributed by atoms with Gasteiger partial charge in [-0.05, 0) is 13.0 Å². The number of halogens is 4. The first-order valence-corrected chi connectivity index (χ1v) is 10.7. The highest BCUT2D eigenvalue weighted by Crippen LogP contribution is 2.34. The molecule has 16 heteroatoms. The Morgan fingerprint density at radius 3 is 2.58 bits per heavy atom. The molecule has 0 aromatic carbocycles. The van der Waals surface area contributed by atoms with Crippen LogP contribution in [0.15, 0.2) is 36.9 Å². The quantitative estimate of drug-likeness (QED) is 0.332. The molecule has 12 nitrogen and oxygen atoms in total. The van der Waals surface area contributed by atoms with Gasteiger partial charge in [0, 0.05) is 13.2 Å². The summed E-state index contributed by atoms with van der Waals surface area (Å²) in [6.45, 7) is 2.32. The number of anilines is 2. The molecule has 0 unspecified atom stereocenters. The third-order valence-electron chi connectivity index (χ3n) is 4.82. The van der Waals surface area contributed by atoms with Crippen LogP contribution in [0.4, 0.5) is 29.3 Å². The van der Waals surface area contributed by atoms with E-state index in [1.807, 2.05) is 0 Å². The van der Waals surface area contributed by atoms with Crippen LogP contribution < -0.4 is 10.6 Å². The Balaban J connectivity index is 1.60. The normalized spacial score (nSPS) is 12.6. The molecule has 0 spiro atoms. The number of nitrogens with one attached hydrogen (secondary N) is 2. The molecule has 4 rings (SSSR count). The second-order valence-electron chi connectivity index (χ2n) is 7.29. The molecule has 0 fully saturated rings. The second kappa shape index (κ2) is 10.4. The molecule has 0 aliphatic rings. The van der Waals surface area contributed by atoms with E-state index in [0.29, 0.717) is 17.9 Å². The van der Waals surface area contributed by atoms with Crippen molar-refractivity contribution < 1.29 is 27.4 Å². The number of carbonyl (C=O) groups excluding carboxylic acids is 1. The van der Waals surface area contributed by atoms with Crippen molar-refractivity contribution in [2.75, 3.05) is 31.0 Å². The number of ether oxygens (including phenoxy) is 2. The summed E-state index contributed by atoms with van der Waals surface area (Å²) in [4.78, 5) is 21.4. The smallest absolute Gasteiger partial charge is 0.382 e. The molecule has 2 N–H and O–H groups in total. The number of fused-ring (bicyclic) bond motifs is 1. The Kier molecular flexibility index (Phi) is 7.32. The minimum Gasteiger partial charge on any atom is -0.382 e. The van der Waals surface area contributed by atoms with Crippen LogP contribution in [-0.4, -0.2) is 60.9 Å². The van der Waals surface area contributed by atoms with E-state index in [1.165, 1.54) is 36.3 Å². The van der Waals surface area contributed by atoms with Gasteiger partial charge in [0.15, 0.2) is 16.6 Å². The molecule has 0 saturated heterocycles. The maximum Gasteiger partial charge on any atom is 0.420 e. The number of hydrogen-bond acceptors (Lipinski definition) is 8. The number of nitrogens with zero attached hydrogens (tertiary/aromatic N) is 7. The van der Waals surface area contributed by atoms with Crippen molar-refractivity contribution in [1.82, 2.24) is 34.6 Å². The van der Waals surface area contributed by atoms with Crippen LogP contribution in [0.5, 0.6) is 0 Å². The van der Waals surface area contributed by atoms with Gasteiger partial charge in [-0.25, -0.2) is 19.3 Å². The third-order valence-corrected chi connectivity index (χ3v) is 5.00. The minimum absolute atomic E-state index is 0.173. The molecule has 4 heterocycles. The van der Waals surface area contributed by atoms with Crippen molar-refractivity contribution in [3.05, 3.63) is 53.3 Å². The summed E-state index contributed by atoms with van der Waals surface area (Å²) in [5.41, 5.74) is -0.326. The molecule has 1 atom stereocenters. The maximum absolute atomic E-state index is 13.6. The summed E-state index contributed by atoms with van der Waals surface area (Å²) in [6, 6.07) is 1.41. The number of methoxy groups -OCH3 is 1. The van der Waals surface area contributed by atoms with E-state index >= 15 is 0 Å². The standard InChI is InChI=1S/C20H19ClF3N9O3/c1-11(36-6-5-35-2)17-14(10-25-16-8-15(21)31-32(16)17)30-19(34)29-12-7-13(20(22,23)24)18(26-9-12)33-27-3-4-28-33/h3-4,7-11H,5-6H2,1-2H3,(H2,29,30,34)/t11-/m0/s1. The van der Waals surface area contributed by atoms with Crippen LogP contribution >= 0.6 is 11.6 Å². The summed E-state index contributed by atoms with van der Waals surface area (Å²) >= 11 is 6.01. The van der Waals surface area contributed by atoms with E-state index in [-0.39, 0.29) is 23.1 Å². The van der Waals surface area contributed by atoms with Gasteiger partial charge >= 0.3 is 12.2 Å². The molecule has 0 radical (unpaired) electrons. The second-order valence-corrected chi connectivity index (χ2v) is 7.68. The van der Waals surface area contributed by atoms with Crippen molar-refractivity contribution in [3.63, 3.8) is 0 Å². The molecule has 2 amide bonds. The number of pyridine rings is 1. The Morgan fingerprint density at radius 1 is 1.14 bits per heavy atom. The highest BCUT2D eigenvalue weighted by Gasteiger charge is 2.36. The SMILES string of the molecule is COCCO[C@@H](C)c1c(NC(=O)Nc2cnc(-n3nccn3)c(C(F)(F)F)c2)cnc2cc(Cl)nn12. The zero-order valence-corrected chi connectivity index (χ0v) is 19.6. The minimum atomic E-state index is -4.78. The zero-order chi connectivity index (χ0) is 25.9. The van der Waals surface area contributed by atoms with Crippen LogP contribution in [-0.2, 0) is 15.7 Å². The lowest BCUT2D eigenvalue weighted by molar-refractivity contribution is -0.137. The van der Waals surface area contributed by atoms with Crippen molar-refractivity contribution in [2.45, 2.75) is 19.2 Å². The number of hydrogen-bond donors (Lipinski definition) is 2. The van der Waals surface area contributed by atoms with Gasteiger partial charge in [0.1, 0.15) is 5.56 Å². The molecule has 0 saturated carbocycles. The fourth-order valence-electron chi connectivity index (χ4n) is 3.30. The first-order chi connectivity index (χ1) is 17.2. The highest BCUT2D eigenvalue weighted by molar-refractivity contribution is 6.29. The molecule has 4 aromatic heterocycles. The fraction of sp³-hybridized carbons (Fsp3) is 0.300. The van der Waals surface area contributed by atoms with Crippen molar-refractivity contribution in [2.24, 2.45) is 0 Å². The van der Waals surface area contributed by atoms with Crippen LogP contribution in [0, 0.1) is 0 Å². The molecule has 0 aliphatic carbocycles. The molecule has 0 aliphatic heterocycles. The Bertz CT molecular complexity index is 1360. The van der Waals surface area contributed by atoms with Gasteiger partial charge in [-0.1, -0.05) is 11.6 Å². The first-order valence-electron chi connectivity index (χ1n) is 10.3. The summed E-state index contributed by atoms with van der Waals surface area (Å²) < 4.78 is 53.1. The average Bonchev–Trinajstić information content (AvgIpc) is 3.47. The Hall–Kier alpha value is -3.82. The molecular weight excluding hydrogens is 507 g/mol. The predicted molar refractivity (Wildman–Crippen MR) is 121 cm³/mol. The number of urea groups is 1. The Labute approximate surface area is 206 Å². The molecule has 190 valence electrons. The summed E-state index contributed by atoms with van der Waals surface area (Å²) in [5.74, 6) is -0.534. The lowest BCUT2D eigenvalue weighted by atomic mass is 10.2. The summed E-state index contributed by atoms with van der Waals surface area (Å²) in [6.07, 6.45) is -0.506. The van der Waals surface area contributed by atoms with Crippen LogP contribution in [0.1, 0.15) is 24.3 Å². The van der Waals surface area contributed by atoms with E-state index in [2.05, 4.69) is 35.9 Å². The number of rotatable bonds is 8. The summed E-state index contributed by atoms with van der Waals surface area (Å²) in [5, 5.41) is 16.6. The van der Waals surface area contributed by atoms with E-state index < -0.39 is 29.7 Å². The number of aromatic nitrogens is 7. The predicted octanol–water partition coefficient (Wildman–Crippen LogP) is 3.75. The number of amides is 2. The number of alkyl halides is 3. The zero-order valence-electron chi connectivity index (χ0n) is 18.8. The molecule has 4 aromatic rings. The van der Waals surface area contributed by atoms with Gasteiger partial charge in [-0.2, -0.15) is 28.5 Å². The van der Waals surface area contributed by atoms with Gasteiger partial charge in [0.25, 0.3) is 0 Å². The van der Waals surface area contributed by atoms with Gasteiger partial charge in [-0.15, -0.1) is 4.80 Å². The number of carbonyl (C=O) groups is 1. The third kappa shape index (κ3) is 5.53. The van der Waals surface area contributed by atoms with E-state index in [1.54, 1.807) is 6.92 Å². The van der Waals surface area contributed by atoms with E-state index in [4.69, 9.17) is 21.1 Å². The van der Waals surface area contributed by atoms with Gasteiger partial charge in [0.05, 0.1) is 61.2 Å². The van der Waals surface area contributed by atoms with E-state index in [0.717, 1.165) is 17.1 Å². The lowest BCUT2D eigenvalue weighted by Crippen LogP contribution is -2.23. The monoisotopic (exact) mass is 525 g/mol. The summed E-state index contributed by atoms with van der Waals surface area (Å²) in [7, 11) is 1.53. The van der Waals surface area contributed by atoms with E-state index in [9.17, 15) is 18.0 Å². The Morgan fingerprint density at radius 2 is 1.89 bits per heavy atom. The van der Waals surface area contributed by atoms with Crippen LogP contribution in [0.3, 0.4) is 0 Å². The van der Waals surface area contributed by atoms with Gasteiger partial charge < -0.3 is 20.1 Å². The molecule has 36 heavy (non-hydrogen) atoms. The topological polar surface area (TPSA) is 133 Å². The fourth-order valence-corrected chi connectivity index (χ4v) is 3.47. The van der Waals surface area contributed by atoms with Crippen molar-refractivity contribution in [1.29, 1.82) is 0 Å². The van der Waals surface area contributed by atoms with Gasteiger partial charge in [0.2, 0.25) is 0 Å². The van der Waals surface area contributed by atoms with Crippen LogP contribution in [0.25, 0.3) is 11.5 Å². The lowest BCUT2D eigenvalue weighted by Gasteiger charge is -2.19. The van der Waals surface area contributed by atoms with Crippen LogP contribution in [0.2, 0.25) is 5.15 Å². The van der Waals surface area contributed by atoms with Crippen molar-refractivity contribution in [3.8, 4) is 5.82 Å². The first kappa shape index (κ1) is 25.3. The molecule has 0 bridgehead atoms.